The van der Waals surface area contributed by atoms with Gasteiger partial charge in [0, 0.05) is 4.90 Å². The second kappa shape index (κ2) is 5.76. The average Bonchev–Trinajstić information content (AvgIpc) is 2.41. The lowest BCUT2D eigenvalue weighted by Crippen LogP contribution is -2.70. The van der Waals surface area contributed by atoms with Gasteiger partial charge >= 0.3 is 0 Å². The van der Waals surface area contributed by atoms with Crippen LogP contribution in [0.4, 0.5) is 0 Å². The minimum atomic E-state index is -2.11. The zero-order valence-corrected chi connectivity index (χ0v) is 10.9. The van der Waals surface area contributed by atoms with Gasteiger partial charge in [-0.1, -0.05) is 30.0 Å². The fourth-order valence-electron chi connectivity index (χ4n) is 1.86. The van der Waals surface area contributed by atoms with Crippen molar-refractivity contribution >= 4 is 11.8 Å². The Morgan fingerprint density at radius 1 is 1.26 bits per heavy atom. The van der Waals surface area contributed by atoms with E-state index in [4.69, 9.17) is 15.6 Å². The molecule has 0 aliphatic carbocycles. The van der Waals surface area contributed by atoms with Crippen molar-refractivity contribution in [2.45, 2.75) is 34.4 Å². The highest BCUT2D eigenvalue weighted by Gasteiger charge is 2.52. The third kappa shape index (κ3) is 2.92. The fourth-order valence-corrected chi connectivity index (χ4v) is 2.95. The molecule has 0 aromatic heterocycles. The van der Waals surface area contributed by atoms with Crippen molar-refractivity contribution in [3.63, 3.8) is 0 Å². The van der Waals surface area contributed by atoms with Crippen molar-refractivity contribution < 1.29 is 25.2 Å². The van der Waals surface area contributed by atoms with Gasteiger partial charge in [0.2, 0.25) is 0 Å². The summed E-state index contributed by atoms with van der Waals surface area (Å²) in [7, 11) is 0. The van der Waals surface area contributed by atoms with E-state index >= 15 is 0 Å². The van der Waals surface area contributed by atoms with Gasteiger partial charge in [-0.3, -0.25) is 5.73 Å². The number of hydrogen-bond donors (Lipinski definition) is 5. The zero-order valence-electron chi connectivity index (χ0n) is 10.1. The maximum atomic E-state index is 10.1. The Hall–Kier alpha value is -0.670. The van der Waals surface area contributed by atoms with E-state index in [0.29, 0.717) is 0 Å². The molecule has 6 N–H and O–H groups in total. The summed E-state index contributed by atoms with van der Waals surface area (Å²) in [6.45, 7) is -0.472. The van der Waals surface area contributed by atoms with E-state index in [9.17, 15) is 15.3 Å². The molecule has 0 amide bonds. The van der Waals surface area contributed by atoms with Crippen molar-refractivity contribution in [3.8, 4) is 0 Å². The molecule has 1 unspecified atom stereocenters. The molecule has 1 fully saturated rings. The summed E-state index contributed by atoms with van der Waals surface area (Å²) in [5, 5.41) is 38.7. The average molecular weight is 287 g/mol. The molecule has 5 atom stereocenters. The van der Waals surface area contributed by atoms with E-state index in [1.54, 1.807) is 12.1 Å². The van der Waals surface area contributed by atoms with Gasteiger partial charge in [0.25, 0.3) is 0 Å². The third-order valence-electron chi connectivity index (χ3n) is 3.02. The summed E-state index contributed by atoms with van der Waals surface area (Å²) in [5.74, 6) is 0. The molecular formula is C12H17NO5S. The quantitative estimate of drug-likeness (QED) is 0.446. The number of hydrogen-bond acceptors (Lipinski definition) is 7. The van der Waals surface area contributed by atoms with Crippen LogP contribution in [0.1, 0.15) is 0 Å². The van der Waals surface area contributed by atoms with Crippen LogP contribution >= 0.6 is 11.8 Å². The molecule has 19 heavy (non-hydrogen) atoms. The van der Waals surface area contributed by atoms with Crippen LogP contribution in [0.5, 0.6) is 0 Å². The molecular weight excluding hydrogens is 270 g/mol. The first-order valence-corrected chi connectivity index (χ1v) is 6.70. The SMILES string of the molecule is N[C@]1(O)C(Sc2ccccc2)O[C@H](CO)[C@@H](O)[C@@H]1O. The smallest absolute Gasteiger partial charge is 0.178 e. The Balaban J connectivity index is 2.18. The lowest BCUT2D eigenvalue weighted by Gasteiger charge is -2.45. The van der Waals surface area contributed by atoms with Crippen LogP contribution in [0.15, 0.2) is 35.2 Å². The lowest BCUT2D eigenvalue weighted by molar-refractivity contribution is -0.249. The van der Waals surface area contributed by atoms with Gasteiger partial charge in [0.1, 0.15) is 18.3 Å². The normalized spacial score (nSPS) is 39.2. The predicted molar refractivity (Wildman–Crippen MR) is 69.2 cm³/mol. The summed E-state index contributed by atoms with van der Waals surface area (Å²) in [4.78, 5) is 0.789. The number of benzene rings is 1. The topological polar surface area (TPSA) is 116 Å². The van der Waals surface area contributed by atoms with E-state index in [-0.39, 0.29) is 0 Å². The summed E-state index contributed by atoms with van der Waals surface area (Å²) in [6.07, 6.45) is -4.02. The van der Waals surface area contributed by atoms with Crippen molar-refractivity contribution in [2.75, 3.05) is 6.61 Å². The maximum Gasteiger partial charge on any atom is 0.178 e. The molecule has 1 aliphatic heterocycles. The Kier molecular flexibility index (Phi) is 4.46. The molecule has 1 heterocycles. The van der Waals surface area contributed by atoms with Crippen LogP contribution in [0.25, 0.3) is 0 Å². The van der Waals surface area contributed by atoms with E-state index in [1.165, 1.54) is 0 Å². The molecule has 0 saturated carbocycles. The largest absolute Gasteiger partial charge is 0.394 e. The van der Waals surface area contributed by atoms with Gasteiger partial charge in [0.05, 0.1) is 6.61 Å². The van der Waals surface area contributed by atoms with Gasteiger partial charge in [-0.05, 0) is 12.1 Å². The molecule has 7 heteroatoms. The number of nitrogens with two attached hydrogens (primary N) is 1. The maximum absolute atomic E-state index is 10.1. The highest BCUT2D eigenvalue weighted by atomic mass is 32.2. The van der Waals surface area contributed by atoms with Crippen LogP contribution in [0.3, 0.4) is 0 Å². The van der Waals surface area contributed by atoms with E-state index < -0.39 is 36.1 Å². The third-order valence-corrected chi connectivity index (χ3v) is 4.27. The number of thioether (sulfide) groups is 1. The number of aliphatic hydroxyl groups excluding tert-OH is 3. The Labute approximate surface area is 114 Å². The molecule has 1 aromatic rings. The van der Waals surface area contributed by atoms with Crippen molar-refractivity contribution in [3.05, 3.63) is 30.3 Å². The van der Waals surface area contributed by atoms with E-state index in [1.807, 2.05) is 18.2 Å². The molecule has 1 saturated heterocycles. The summed E-state index contributed by atoms with van der Waals surface area (Å²) in [5.41, 5.74) is 2.54. The van der Waals surface area contributed by atoms with Crippen LogP contribution in [-0.4, -0.2) is 56.5 Å². The molecule has 0 spiro atoms. The number of rotatable bonds is 3. The van der Waals surface area contributed by atoms with Gasteiger partial charge in [-0.25, -0.2) is 0 Å². The molecule has 2 rings (SSSR count). The monoisotopic (exact) mass is 287 g/mol. The predicted octanol–water partition coefficient (Wildman–Crippen LogP) is -1.14. The highest BCUT2D eigenvalue weighted by molar-refractivity contribution is 7.99. The van der Waals surface area contributed by atoms with E-state index in [2.05, 4.69) is 0 Å². The van der Waals surface area contributed by atoms with E-state index in [0.717, 1.165) is 16.7 Å². The minimum absolute atomic E-state index is 0.472. The summed E-state index contributed by atoms with van der Waals surface area (Å²) in [6, 6.07) is 9.07. The van der Waals surface area contributed by atoms with Crippen LogP contribution in [0.2, 0.25) is 0 Å². The van der Waals surface area contributed by atoms with Gasteiger partial charge < -0.3 is 25.2 Å². The van der Waals surface area contributed by atoms with Crippen molar-refractivity contribution in [1.82, 2.24) is 0 Å². The van der Waals surface area contributed by atoms with Gasteiger partial charge in [-0.2, -0.15) is 0 Å². The zero-order chi connectivity index (χ0) is 14.0. The van der Waals surface area contributed by atoms with Crippen LogP contribution < -0.4 is 5.73 Å². The first-order chi connectivity index (χ1) is 8.96. The second-order valence-electron chi connectivity index (χ2n) is 4.44. The summed E-state index contributed by atoms with van der Waals surface area (Å²) < 4.78 is 5.37. The first-order valence-electron chi connectivity index (χ1n) is 5.82. The molecule has 1 aliphatic rings. The molecule has 0 radical (unpaired) electrons. The van der Waals surface area contributed by atoms with Gasteiger partial charge in [0.15, 0.2) is 11.2 Å². The Morgan fingerprint density at radius 3 is 2.47 bits per heavy atom. The second-order valence-corrected chi connectivity index (χ2v) is 5.58. The summed E-state index contributed by atoms with van der Waals surface area (Å²) >= 11 is 1.12. The molecule has 1 aromatic carbocycles. The fraction of sp³-hybridized carbons (Fsp3) is 0.500. The van der Waals surface area contributed by atoms with Crippen molar-refractivity contribution in [1.29, 1.82) is 0 Å². The van der Waals surface area contributed by atoms with Gasteiger partial charge in [-0.15, -0.1) is 0 Å². The molecule has 6 nitrogen and oxygen atoms in total. The lowest BCUT2D eigenvalue weighted by atomic mass is 9.95. The standard InChI is InChI=1S/C12H17NO5S/c13-12(17)10(16)9(15)8(6-14)18-11(12)19-7-4-2-1-3-5-7/h1-5,8-11,14-17H,6,13H2/t8-,9-,10+,11?,12-/m1/s1. The van der Waals surface area contributed by atoms with Crippen molar-refractivity contribution in [2.24, 2.45) is 5.73 Å². The first kappa shape index (κ1) is 14.7. The number of ether oxygens (including phenoxy) is 1. The molecule has 0 bridgehead atoms. The van der Waals surface area contributed by atoms with Crippen LogP contribution in [0, 0.1) is 0 Å². The Morgan fingerprint density at radius 2 is 1.89 bits per heavy atom. The van der Waals surface area contributed by atoms with Crippen LogP contribution in [-0.2, 0) is 4.74 Å². The minimum Gasteiger partial charge on any atom is -0.394 e. The Bertz CT molecular complexity index is 416. The number of aliphatic hydroxyl groups is 4. The molecule has 106 valence electrons. The highest BCUT2D eigenvalue weighted by Crippen LogP contribution is 2.36.